The van der Waals surface area contributed by atoms with E-state index in [9.17, 15) is 19.7 Å². The van der Waals surface area contributed by atoms with E-state index in [2.05, 4.69) is 15.9 Å². The zero-order valence-electron chi connectivity index (χ0n) is 13.6. The van der Waals surface area contributed by atoms with Crippen molar-refractivity contribution < 1.29 is 19.2 Å². The molecular formula is C15H19BrClNO5. The molecule has 0 bridgehead atoms. The number of nitro benzene ring substituents is 1. The quantitative estimate of drug-likeness (QED) is 0.220. The van der Waals surface area contributed by atoms with Crippen molar-refractivity contribution in [2.24, 2.45) is 5.92 Å². The van der Waals surface area contributed by atoms with Gasteiger partial charge in [0.05, 0.1) is 9.40 Å². The minimum Gasteiger partial charge on any atom is -0.424 e. The van der Waals surface area contributed by atoms with E-state index >= 15 is 0 Å². The van der Waals surface area contributed by atoms with E-state index in [0.29, 0.717) is 6.42 Å². The van der Waals surface area contributed by atoms with E-state index in [4.69, 9.17) is 16.3 Å². The molecule has 1 aromatic rings. The Labute approximate surface area is 148 Å². The lowest BCUT2D eigenvalue weighted by Gasteiger charge is -2.13. The molecule has 0 fully saturated rings. The Morgan fingerprint density at radius 2 is 1.96 bits per heavy atom. The molecule has 0 spiro atoms. The van der Waals surface area contributed by atoms with Crippen LogP contribution in [0.1, 0.15) is 51.4 Å². The molecule has 0 heterocycles. The summed E-state index contributed by atoms with van der Waals surface area (Å²) in [6.07, 6.45) is 0.574. The summed E-state index contributed by atoms with van der Waals surface area (Å²) in [5, 5.41) is 10.7. The highest BCUT2D eigenvalue weighted by Crippen LogP contribution is 2.43. The van der Waals surface area contributed by atoms with Crippen molar-refractivity contribution in [1.82, 2.24) is 0 Å². The molecule has 128 valence electrons. The van der Waals surface area contributed by atoms with E-state index in [-0.39, 0.29) is 32.5 Å². The van der Waals surface area contributed by atoms with Gasteiger partial charge in [-0.05, 0) is 22.4 Å². The second kappa shape index (κ2) is 9.62. The molecule has 0 aliphatic rings. The van der Waals surface area contributed by atoms with Crippen LogP contribution in [-0.4, -0.2) is 16.7 Å². The van der Waals surface area contributed by atoms with Gasteiger partial charge in [0, 0.05) is 24.5 Å². The van der Waals surface area contributed by atoms with Crippen LogP contribution in [0.2, 0.25) is 5.02 Å². The first-order valence-electron chi connectivity index (χ1n) is 7.09. The zero-order valence-corrected chi connectivity index (χ0v) is 15.9. The largest absolute Gasteiger partial charge is 0.424 e. The molecule has 0 saturated carbocycles. The van der Waals surface area contributed by atoms with Crippen LogP contribution < -0.4 is 4.74 Å². The Hall–Kier alpha value is -1.47. The Morgan fingerprint density at radius 1 is 1.43 bits per heavy atom. The van der Waals surface area contributed by atoms with Crippen molar-refractivity contribution in [2.75, 3.05) is 0 Å². The number of nitro groups is 1. The monoisotopic (exact) mass is 407 g/mol. The van der Waals surface area contributed by atoms with Gasteiger partial charge in [-0.2, -0.15) is 0 Å². The first kappa shape index (κ1) is 21.5. The van der Waals surface area contributed by atoms with Crippen LogP contribution in [-0.2, 0) is 4.79 Å². The lowest BCUT2D eigenvalue weighted by molar-refractivity contribution is -0.384. The van der Waals surface area contributed by atoms with Gasteiger partial charge in [0.2, 0.25) is 0 Å². The first-order valence-corrected chi connectivity index (χ1v) is 8.26. The molecule has 0 amide bonds. The van der Waals surface area contributed by atoms with Crippen molar-refractivity contribution in [2.45, 2.75) is 41.0 Å². The molecule has 0 aliphatic heterocycles. The molecule has 1 atom stereocenters. The van der Waals surface area contributed by atoms with Gasteiger partial charge >= 0.3 is 5.97 Å². The lowest BCUT2D eigenvalue weighted by atomic mass is 9.96. The van der Waals surface area contributed by atoms with Gasteiger partial charge in [0.25, 0.3) is 5.69 Å². The maximum absolute atomic E-state index is 12.3. The fraction of sp³-hybridized carbons (Fsp3) is 0.467. The van der Waals surface area contributed by atoms with E-state index < -0.39 is 16.6 Å². The average Bonchev–Trinajstić information content (AvgIpc) is 2.51. The summed E-state index contributed by atoms with van der Waals surface area (Å²) in [7, 11) is 0. The highest BCUT2D eigenvalue weighted by Gasteiger charge is 2.28. The molecule has 1 rings (SSSR count). The van der Waals surface area contributed by atoms with Gasteiger partial charge in [-0.3, -0.25) is 19.7 Å². The predicted octanol–water partition coefficient (Wildman–Crippen LogP) is 5.19. The zero-order chi connectivity index (χ0) is 18.3. The predicted molar refractivity (Wildman–Crippen MR) is 92.2 cm³/mol. The van der Waals surface area contributed by atoms with Gasteiger partial charge in [0.1, 0.15) is 0 Å². The SMILES string of the molecule is CC.CCC(C)C(=O)c1cc([N+](=O)[O-])c(Cl)c(OC(C)=O)c1Br. The number of rotatable bonds is 5. The van der Waals surface area contributed by atoms with E-state index in [1.807, 2.05) is 20.8 Å². The third-order valence-corrected chi connectivity index (χ3v) is 4.06. The van der Waals surface area contributed by atoms with Crippen molar-refractivity contribution in [1.29, 1.82) is 0 Å². The fourth-order valence-electron chi connectivity index (χ4n) is 1.59. The molecule has 0 aliphatic carbocycles. The standard InChI is InChI=1S/C13H13BrClNO5.C2H6/c1-4-6(2)12(18)8-5-9(16(19)20)11(15)13(10(8)14)21-7(3)17;1-2/h5-6H,4H2,1-3H3;1-2H3. The van der Waals surface area contributed by atoms with Crippen LogP contribution in [0.15, 0.2) is 10.5 Å². The smallest absolute Gasteiger partial charge is 0.308 e. The normalized spacial score (nSPS) is 11.1. The molecule has 1 aromatic carbocycles. The highest BCUT2D eigenvalue weighted by molar-refractivity contribution is 9.10. The second-order valence-corrected chi connectivity index (χ2v) is 5.60. The molecule has 8 heteroatoms. The third kappa shape index (κ3) is 5.28. The highest BCUT2D eigenvalue weighted by atomic mass is 79.9. The molecule has 1 unspecified atom stereocenters. The van der Waals surface area contributed by atoms with Crippen molar-refractivity contribution in [3.8, 4) is 5.75 Å². The van der Waals surface area contributed by atoms with E-state index in [0.717, 1.165) is 13.0 Å². The van der Waals surface area contributed by atoms with Crippen molar-refractivity contribution in [3.63, 3.8) is 0 Å². The maximum Gasteiger partial charge on any atom is 0.308 e. The molecular weight excluding hydrogens is 390 g/mol. The minimum atomic E-state index is -0.727. The van der Waals surface area contributed by atoms with Crippen LogP contribution in [0.25, 0.3) is 0 Å². The number of carbonyl (C=O) groups excluding carboxylic acids is 2. The fourth-order valence-corrected chi connectivity index (χ4v) is 2.55. The van der Waals surface area contributed by atoms with Crippen LogP contribution in [0, 0.1) is 16.0 Å². The van der Waals surface area contributed by atoms with Gasteiger partial charge in [0.15, 0.2) is 16.6 Å². The number of ketones is 1. The topological polar surface area (TPSA) is 86.5 Å². The molecule has 0 N–H and O–H groups in total. The van der Waals surface area contributed by atoms with Crippen molar-refractivity contribution in [3.05, 3.63) is 31.2 Å². The number of benzene rings is 1. The summed E-state index contributed by atoms with van der Waals surface area (Å²) < 4.78 is 5.03. The first-order chi connectivity index (χ1) is 10.7. The molecule has 6 nitrogen and oxygen atoms in total. The molecule has 0 aromatic heterocycles. The number of hydrogen-bond acceptors (Lipinski definition) is 5. The van der Waals surface area contributed by atoms with E-state index in [1.165, 1.54) is 0 Å². The number of carbonyl (C=O) groups is 2. The molecule has 0 radical (unpaired) electrons. The number of Topliss-reactive ketones (excluding diaryl/α,β-unsaturated/α-hetero) is 1. The number of ether oxygens (including phenoxy) is 1. The van der Waals surface area contributed by atoms with Crippen LogP contribution in [0.5, 0.6) is 5.75 Å². The van der Waals surface area contributed by atoms with Gasteiger partial charge < -0.3 is 4.74 Å². The minimum absolute atomic E-state index is 0.0664. The Bertz CT molecular complexity index is 618. The van der Waals surface area contributed by atoms with Crippen molar-refractivity contribution >= 4 is 45.0 Å². The lowest BCUT2D eigenvalue weighted by Crippen LogP contribution is -2.13. The number of halogens is 2. The molecule has 23 heavy (non-hydrogen) atoms. The summed E-state index contributed by atoms with van der Waals surface area (Å²) in [6.45, 7) is 8.67. The summed E-state index contributed by atoms with van der Waals surface area (Å²) in [5.41, 5.74) is -0.417. The summed E-state index contributed by atoms with van der Waals surface area (Å²) in [6, 6.07) is 1.09. The number of esters is 1. The Balaban J connectivity index is 0.00000232. The number of hydrogen-bond donors (Lipinski definition) is 0. The number of nitrogens with zero attached hydrogens (tertiary/aromatic N) is 1. The van der Waals surface area contributed by atoms with Crippen LogP contribution >= 0.6 is 27.5 Å². The third-order valence-electron chi connectivity index (χ3n) is 2.91. The Morgan fingerprint density at radius 3 is 2.35 bits per heavy atom. The second-order valence-electron chi connectivity index (χ2n) is 4.42. The van der Waals surface area contributed by atoms with Crippen LogP contribution in [0.3, 0.4) is 0 Å². The Kier molecular flexibility index (Phi) is 9.01. The molecule has 0 saturated heterocycles. The van der Waals surface area contributed by atoms with Gasteiger partial charge in [-0.1, -0.05) is 39.3 Å². The maximum atomic E-state index is 12.3. The summed E-state index contributed by atoms with van der Waals surface area (Å²) in [5.74, 6) is -1.53. The van der Waals surface area contributed by atoms with Gasteiger partial charge in [-0.15, -0.1) is 0 Å². The average molecular weight is 409 g/mol. The van der Waals surface area contributed by atoms with E-state index in [1.54, 1.807) is 6.92 Å². The summed E-state index contributed by atoms with van der Waals surface area (Å²) >= 11 is 9.02. The van der Waals surface area contributed by atoms with Gasteiger partial charge in [-0.25, -0.2) is 0 Å². The van der Waals surface area contributed by atoms with Crippen LogP contribution in [0.4, 0.5) is 5.69 Å². The summed E-state index contributed by atoms with van der Waals surface area (Å²) in [4.78, 5) is 33.7.